The van der Waals surface area contributed by atoms with Crippen LogP contribution in [0.3, 0.4) is 0 Å². The highest BCUT2D eigenvalue weighted by molar-refractivity contribution is 5.90. The highest BCUT2D eigenvalue weighted by Crippen LogP contribution is 2.28. The van der Waals surface area contributed by atoms with E-state index in [1.54, 1.807) is 0 Å². The van der Waals surface area contributed by atoms with E-state index in [2.05, 4.69) is 0 Å². The van der Waals surface area contributed by atoms with Gasteiger partial charge in [0, 0.05) is 0 Å². The Morgan fingerprint density at radius 1 is 1.00 bits per heavy atom. The smallest absolute Gasteiger partial charge is 0.335 e. The lowest BCUT2D eigenvalue weighted by atomic mass is 9.97. The van der Waals surface area contributed by atoms with Crippen molar-refractivity contribution in [3.8, 4) is 11.1 Å². The maximum Gasteiger partial charge on any atom is 0.335 e. The Balaban J connectivity index is 2.66. The summed E-state index contributed by atoms with van der Waals surface area (Å²) in [4.78, 5) is 10.9. The summed E-state index contributed by atoms with van der Waals surface area (Å²) in [6.45, 7) is 1.44. The van der Waals surface area contributed by atoms with Crippen LogP contribution in [-0.2, 0) is 0 Å². The van der Waals surface area contributed by atoms with Gasteiger partial charge in [0.15, 0.2) is 11.6 Å². The molecule has 0 aromatic heterocycles. The van der Waals surface area contributed by atoms with Crippen molar-refractivity contribution in [2.24, 2.45) is 0 Å². The van der Waals surface area contributed by atoms with Crippen LogP contribution < -0.4 is 0 Å². The van der Waals surface area contributed by atoms with Crippen LogP contribution in [0.5, 0.6) is 0 Å². The van der Waals surface area contributed by atoms with Crippen molar-refractivity contribution in [2.75, 3.05) is 0 Å². The number of hydrogen-bond acceptors (Lipinski definition) is 1. The van der Waals surface area contributed by atoms with Gasteiger partial charge in [0.1, 0.15) is 5.82 Å². The standard InChI is InChI=1S/C14H9F3O2/c1-7-10(4-9(14(18)19)6-12(7)16)8-2-3-11(15)13(17)5-8/h2-6H,1H3,(H,18,19). The maximum atomic E-state index is 13.6. The first kappa shape index (κ1) is 13.1. The highest BCUT2D eigenvalue weighted by Gasteiger charge is 2.14. The minimum absolute atomic E-state index is 0.177. The summed E-state index contributed by atoms with van der Waals surface area (Å²) in [5.74, 6) is -4.09. The van der Waals surface area contributed by atoms with E-state index in [4.69, 9.17) is 5.11 Å². The molecule has 0 spiro atoms. The van der Waals surface area contributed by atoms with Crippen LogP contribution in [0.2, 0.25) is 0 Å². The predicted molar refractivity (Wildman–Crippen MR) is 63.4 cm³/mol. The van der Waals surface area contributed by atoms with Gasteiger partial charge in [0.25, 0.3) is 0 Å². The first-order valence-electron chi connectivity index (χ1n) is 5.39. The van der Waals surface area contributed by atoms with Gasteiger partial charge in [-0.2, -0.15) is 0 Å². The van der Waals surface area contributed by atoms with Crippen molar-refractivity contribution in [3.05, 3.63) is 58.9 Å². The molecule has 19 heavy (non-hydrogen) atoms. The van der Waals surface area contributed by atoms with Crippen LogP contribution in [0.1, 0.15) is 15.9 Å². The lowest BCUT2D eigenvalue weighted by Crippen LogP contribution is -2.00. The van der Waals surface area contributed by atoms with Crippen molar-refractivity contribution >= 4 is 5.97 Å². The molecule has 0 aliphatic rings. The molecule has 0 saturated carbocycles. The minimum Gasteiger partial charge on any atom is -0.478 e. The third-order valence-electron chi connectivity index (χ3n) is 2.82. The maximum absolute atomic E-state index is 13.6. The normalized spacial score (nSPS) is 10.5. The molecule has 0 aliphatic heterocycles. The average molecular weight is 266 g/mol. The van der Waals surface area contributed by atoms with Crippen LogP contribution in [0, 0.1) is 24.4 Å². The third-order valence-corrected chi connectivity index (χ3v) is 2.82. The second-order valence-corrected chi connectivity index (χ2v) is 4.06. The monoisotopic (exact) mass is 266 g/mol. The topological polar surface area (TPSA) is 37.3 Å². The first-order chi connectivity index (χ1) is 8.90. The zero-order chi connectivity index (χ0) is 14.2. The molecule has 0 atom stereocenters. The van der Waals surface area contributed by atoms with E-state index in [1.807, 2.05) is 0 Å². The van der Waals surface area contributed by atoms with Crippen molar-refractivity contribution < 1.29 is 23.1 Å². The molecule has 2 rings (SSSR count). The molecule has 0 unspecified atom stereocenters. The Morgan fingerprint density at radius 2 is 1.68 bits per heavy atom. The molecule has 2 aromatic carbocycles. The van der Waals surface area contributed by atoms with Gasteiger partial charge in [-0.15, -0.1) is 0 Å². The van der Waals surface area contributed by atoms with Crippen molar-refractivity contribution in [1.82, 2.24) is 0 Å². The van der Waals surface area contributed by atoms with E-state index in [9.17, 15) is 18.0 Å². The number of benzene rings is 2. The number of hydrogen-bond donors (Lipinski definition) is 1. The second kappa shape index (κ2) is 4.76. The van der Waals surface area contributed by atoms with Gasteiger partial charge >= 0.3 is 5.97 Å². The zero-order valence-corrected chi connectivity index (χ0v) is 9.88. The molecular weight excluding hydrogens is 257 g/mol. The summed E-state index contributed by atoms with van der Waals surface area (Å²) in [5, 5.41) is 8.87. The predicted octanol–water partition coefficient (Wildman–Crippen LogP) is 3.78. The van der Waals surface area contributed by atoms with E-state index < -0.39 is 23.4 Å². The Bertz CT molecular complexity index is 666. The number of rotatable bonds is 2. The number of carboxylic acids is 1. The summed E-state index contributed by atoms with van der Waals surface area (Å²) in [7, 11) is 0. The van der Waals surface area contributed by atoms with Gasteiger partial charge in [-0.25, -0.2) is 18.0 Å². The number of halogens is 3. The van der Waals surface area contributed by atoms with E-state index in [1.165, 1.54) is 19.1 Å². The largest absolute Gasteiger partial charge is 0.478 e. The fraction of sp³-hybridized carbons (Fsp3) is 0.0714. The zero-order valence-electron chi connectivity index (χ0n) is 9.88. The lowest BCUT2D eigenvalue weighted by molar-refractivity contribution is 0.0696. The minimum atomic E-state index is -1.29. The average Bonchev–Trinajstić information content (AvgIpc) is 2.35. The Hall–Kier alpha value is -2.30. The molecular formula is C14H9F3O2. The SMILES string of the molecule is Cc1c(F)cc(C(=O)O)cc1-c1ccc(F)c(F)c1. The molecule has 0 fully saturated rings. The van der Waals surface area contributed by atoms with Crippen molar-refractivity contribution in [3.63, 3.8) is 0 Å². The van der Waals surface area contributed by atoms with Gasteiger partial charge < -0.3 is 5.11 Å². The molecule has 2 nitrogen and oxygen atoms in total. The van der Waals surface area contributed by atoms with Crippen molar-refractivity contribution in [1.29, 1.82) is 0 Å². The Morgan fingerprint density at radius 3 is 2.26 bits per heavy atom. The Kier molecular flexibility index (Phi) is 3.29. The summed E-state index contributed by atoms with van der Waals surface area (Å²) in [6.07, 6.45) is 0. The van der Waals surface area contributed by atoms with Crippen molar-refractivity contribution in [2.45, 2.75) is 6.92 Å². The van der Waals surface area contributed by atoms with Crippen LogP contribution in [0.25, 0.3) is 11.1 Å². The van der Waals surface area contributed by atoms with E-state index in [0.29, 0.717) is 0 Å². The van der Waals surface area contributed by atoms with Gasteiger partial charge in [-0.1, -0.05) is 6.07 Å². The molecule has 0 heterocycles. The van der Waals surface area contributed by atoms with Crippen LogP contribution in [0.15, 0.2) is 30.3 Å². The molecule has 5 heteroatoms. The molecule has 0 aliphatic carbocycles. The third kappa shape index (κ3) is 2.45. The summed E-state index contributed by atoms with van der Waals surface area (Å²) in [6, 6.07) is 5.21. The summed E-state index contributed by atoms with van der Waals surface area (Å²) >= 11 is 0. The van der Waals surface area contributed by atoms with E-state index in [-0.39, 0.29) is 22.3 Å². The number of carbonyl (C=O) groups is 1. The number of carboxylic acid groups (broad SMARTS) is 1. The Labute approximate surface area is 107 Å². The number of aromatic carboxylic acids is 1. The van der Waals surface area contributed by atoms with E-state index >= 15 is 0 Å². The molecule has 1 N–H and O–H groups in total. The lowest BCUT2D eigenvalue weighted by Gasteiger charge is -2.09. The first-order valence-corrected chi connectivity index (χ1v) is 5.39. The van der Waals surface area contributed by atoms with Gasteiger partial charge in [-0.3, -0.25) is 0 Å². The second-order valence-electron chi connectivity index (χ2n) is 4.06. The van der Waals surface area contributed by atoms with Crippen LogP contribution in [-0.4, -0.2) is 11.1 Å². The molecule has 0 radical (unpaired) electrons. The molecule has 98 valence electrons. The summed E-state index contributed by atoms with van der Waals surface area (Å²) in [5.41, 5.74) is 0.369. The summed E-state index contributed by atoms with van der Waals surface area (Å²) < 4.78 is 39.7. The van der Waals surface area contributed by atoms with Crippen LogP contribution >= 0.6 is 0 Å². The molecule has 0 bridgehead atoms. The molecule has 2 aromatic rings. The fourth-order valence-corrected chi connectivity index (χ4v) is 1.77. The van der Waals surface area contributed by atoms with Gasteiger partial charge in [0.05, 0.1) is 5.56 Å². The van der Waals surface area contributed by atoms with Crippen LogP contribution in [0.4, 0.5) is 13.2 Å². The highest BCUT2D eigenvalue weighted by atomic mass is 19.2. The van der Waals surface area contributed by atoms with Gasteiger partial charge in [-0.05, 0) is 47.9 Å². The molecule has 0 saturated heterocycles. The quantitative estimate of drug-likeness (QED) is 0.898. The molecule has 0 amide bonds. The fourth-order valence-electron chi connectivity index (χ4n) is 1.77. The van der Waals surface area contributed by atoms with E-state index in [0.717, 1.165) is 18.2 Å². The van der Waals surface area contributed by atoms with Gasteiger partial charge in [0.2, 0.25) is 0 Å².